The zero-order valence-electron chi connectivity index (χ0n) is 15.2. The van der Waals surface area contributed by atoms with Gasteiger partial charge in [0.2, 0.25) is 5.88 Å². The van der Waals surface area contributed by atoms with E-state index in [0.717, 1.165) is 40.2 Å². The topological polar surface area (TPSA) is 80.4 Å². The molecule has 1 aromatic carbocycles. The predicted octanol–water partition coefficient (Wildman–Crippen LogP) is 4.09. The smallest absolute Gasteiger partial charge is 0.226 e. The molecule has 0 aliphatic carbocycles. The third-order valence-electron chi connectivity index (χ3n) is 4.12. The summed E-state index contributed by atoms with van der Waals surface area (Å²) in [5.41, 5.74) is 10.3. The minimum Gasteiger partial charge on any atom is -0.438 e. The second-order valence-corrected chi connectivity index (χ2v) is 6.64. The minimum absolute atomic E-state index is 0.0426. The second kappa shape index (κ2) is 8.52. The second-order valence-electron chi connectivity index (χ2n) is 6.20. The van der Waals surface area contributed by atoms with Crippen molar-refractivity contribution in [1.29, 1.82) is 0 Å². The van der Waals surface area contributed by atoms with E-state index in [4.69, 9.17) is 22.1 Å². The summed E-state index contributed by atoms with van der Waals surface area (Å²) in [6.45, 7) is 8.14. The molecule has 0 bridgehead atoms. The van der Waals surface area contributed by atoms with Crippen LogP contribution >= 0.6 is 11.6 Å². The van der Waals surface area contributed by atoms with Crippen LogP contribution in [0, 0.1) is 20.8 Å². The van der Waals surface area contributed by atoms with E-state index < -0.39 is 0 Å². The van der Waals surface area contributed by atoms with Gasteiger partial charge in [0.15, 0.2) is 0 Å². The Kier molecular flexibility index (Phi) is 6.64. The average Bonchev–Trinajstić information content (AvgIpc) is 2.55. The summed E-state index contributed by atoms with van der Waals surface area (Å²) in [4.78, 5) is 4.53. The van der Waals surface area contributed by atoms with Crippen LogP contribution in [0.5, 0.6) is 11.6 Å². The van der Waals surface area contributed by atoms with Gasteiger partial charge in [0.25, 0.3) is 0 Å². The number of nitrogens with zero attached hydrogens (tertiary/aromatic N) is 1. The molecule has 2 rings (SSSR count). The van der Waals surface area contributed by atoms with Crippen molar-refractivity contribution in [3.63, 3.8) is 0 Å². The van der Waals surface area contributed by atoms with Crippen molar-refractivity contribution in [1.82, 2.24) is 4.98 Å². The number of aliphatic hydroxyl groups is 1. The SMILES string of the molecule is CCC(CO)Nc1cc(C)nc(Oc2c(C)cc(Cl)cc2C)c1CN. The van der Waals surface area contributed by atoms with Gasteiger partial charge in [-0.3, -0.25) is 0 Å². The van der Waals surface area contributed by atoms with Crippen LogP contribution in [0.3, 0.4) is 0 Å². The summed E-state index contributed by atoms with van der Waals surface area (Å²) in [7, 11) is 0. The lowest BCUT2D eigenvalue weighted by Gasteiger charge is -2.21. The molecule has 4 N–H and O–H groups in total. The molecule has 1 atom stereocenters. The third kappa shape index (κ3) is 4.63. The molecule has 5 nitrogen and oxygen atoms in total. The number of pyridine rings is 1. The summed E-state index contributed by atoms with van der Waals surface area (Å²) >= 11 is 6.10. The Morgan fingerprint density at radius 1 is 1.24 bits per heavy atom. The van der Waals surface area contributed by atoms with E-state index in [0.29, 0.717) is 10.9 Å². The predicted molar refractivity (Wildman–Crippen MR) is 103 cm³/mol. The molecule has 136 valence electrons. The number of aryl methyl sites for hydroxylation is 3. The lowest BCUT2D eigenvalue weighted by atomic mass is 10.1. The van der Waals surface area contributed by atoms with Crippen molar-refractivity contribution in [3.8, 4) is 11.6 Å². The number of halogens is 1. The normalized spacial score (nSPS) is 12.1. The molecule has 0 spiro atoms. The Morgan fingerprint density at radius 3 is 2.40 bits per heavy atom. The quantitative estimate of drug-likeness (QED) is 0.690. The molecule has 0 fully saturated rings. The van der Waals surface area contributed by atoms with Crippen molar-refractivity contribution in [3.05, 3.63) is 45.6 Å². The molecule has 0 saturated heterocycles. The Labute approximate surface area is 154 Å². The summed E-state index contributed by atoms with van der Waals surface area (Å²) in [5.74, 6) is 1.21. The summed E-state index contributed by atoms with van der Waals surface area (Å²) in [6.07, 6.45) is 0.799. The lowest BCUT2D eigenvalue weighted by molar-refractivity contribution is 0.271. The maximum absolute atomic E-state index is 9.47. The van der Waals surface area contributed by atoms with Crippen LogP contribution in [0.15, 0.2) is 18.2 Å². The first-order valence-electron chi connectivity index (χ1n) is 8.42. The standard InChI is InChI=1S/C19H26ClN3O2/c1-5-15(10-24)23-17-8-13(4)22-19(16(17)9-21)25-18-11(2)6-14(20)7-12(18)3/h6-8,15,24H,5,9-10,21H2,1-4H3,(H,22,23). The summed E-state index contributed by atoms with van der Waals surface area (Å²) < 4.78 is 6.14. The molecule has 0 amide bonds. The summed E-state index contributed by atoms with van der Waals surface area (Å²) in [6, 6.07) is 5.60. The van der Waals surface area contributed by atoms with E-state index in [1.54, 1.807) is 0 Å². The van der Waals surface area contributed by atoms with Crippen molar-refractivity contribution in [2.75, 3.05) is 11.9 Å². The largest absolute Gasteiger partial charge is 0.438 e. The molecule has 1 aromatic heterocycles. The van der Waals surface area contributed by atoms with Gasteiger partial charge in [-0.1, -0.05) is 18.5 Å². The molecule has 0 aliphatic heterocycles. The van der Waals surface area contributed by atoms with Crippen molar-refractivity contribution < 1.29 is 9.84 Å². The first-order chi connectivity index (χ1) is 11.9. The van der Waals surface area contributed by atoms with E-state index in [1.807, 2.05) is 45.9 Å². The molecular formula is C19H26ClN3O2. The Morgan fingerprint density at radius 2 is 1.88 bits per heavy atom. The van der Waals surface area contributed by atoms with Crippen LogP contribution in [0.2, 0.25) is 5.02 Å². The molecule has 1 unspecified atom stereocenters. The average molecular weight is 364 g/mol. The zero-order valence-corrected chi connectivity index (χ0v) is 15.9. The number of benzene rings is 1. The van der Waals surface area contributed by atoms with Gasteiger partial charge in [-0.2, -0.15) is 0 Å². The fraction of sp³-hybridized carbons (Fsp3) is 0.421. The Balaban J connectivity index is 2.46. The highest BCUT2D eigenvalue weighted by molar-refractivity contribution is 6.30. The Hall–Kier alpha value is -1.82. The van der Waals surface area contributed by atoms with Crippen LogP contribution in [0.25, 0.3) is 0 Å². The zero-order chi connectivity index (χ0) is 18.6. The van der Waals surface area contributed by atoms with Crippen LogP contribution in [0.4, 0.5) is 5.69 Å². The molecule has 0 radical (unpaired) electrons. The molecule has 0 aliphatic rings. The van der Waals surface area contributed by atoms with E-state index in [9.17, 15) is 5.11 Å². The van der Waals surface area contributed by atoms with Gasteiger partial charge in [-0.05, 0) is 56.5 Å². The monoisotopic (exact) mass is 363 g/mol. The fourth-order valence-corrected chi connectivity index (χ4v) is 3.06. The van der Waals surface area contributed by atoms with Gasteiger partial charge in [0.1, 0.15) is 5.75 Å². The molecule has 0 saturated carbocycles. The van der Waals surface area contributed by atoms with Crippen LogP contribution < -0.4 is 15.8 Å². The highest BCUT2D eigenvalue weighted by atomic mass is 35.5. The van der Waals surface area contributed by atoms with Gasteiger partial charge in [-0.15, -0.1) is 0 Å². The van der Waals surface area contributed by atoms with Crippen LogP contribution in [-0.2, 0) is 6.54 Å². The van der Waals surface area contributed by atoms with Gasteiger partial charge >= 0.3 is 0 Å². The number of nitrogens with one attached hydrogen (secondary N) is 1. The van der Waals surface area contributed by atoms with E-state index >= 15 is 0 Å². The molecule has 6 heteroatoms. The molecule has 25 heavy (non-hydrogen) atoms. The number of hydrogen-bond acceptors (Lipinski definition) is 5. The van der Waals surface area contributed by atoms with Crippen molar-refractivity contribution in [2.24, 2.45) is 5.73 Å². The third-order valence-corrected chi connectivity index (χ3v) is 4.33. The molecule has 2 aromatic rings. The summed E-state index contributed by atoms with van der Waals surface area (Å²) in [5, 5.41) is 13.5. The number of anilines is 1. The lowest BCUT2D eigenvalue weighted by Crippen LogP contribution is -2.24. The van der Waals surface area contributed by atoms with Gasteiger partial charge in [-0.25, -0.2) is 4.98 Å². The molecule has 1 heterocycles. The minimum atomic E-state index is -0.0426. The fourth-order valence-electron chi connectivity index (χ4n) is 2.73. The first-order valence-corrected chi connectivity index (χ1v) is 8.79. The number of aliphatic hydroxyl groups excluding tert-OH is 1. The highest BCUT2D eigenvalue weighted by Crippen LogP contribution is 2.34. The molecular weight excluding hydrogens is 338 g/mol. The Bertz CT molecular complexity index is 723. The van der Waals surface area contributed by atoms with Gasteiger partial charge in [0, 0.05) is 29.0 Å². The maximum atomic E-state index is 9.47. The number of rotatable bonds is 7. The number of aromatic nitrogens is 1. The van der Waals surface area contributed by atoms with E-state index in [2.05, 4.69) is 10.3 Å². The van der Waals surface area contributed by atoms with Crippen molar-refractivity contribution >= 4 is 17.3 Å². The van der Waals surface area contributed by atoms with Crippen LogP contribution in [-0.4, -0.2) is 22.7 Å². The van der Waals surface area contributed by atoms with Gasteiger partial charge in [0.05, 0.1) is 12.2 Å². The maximum Gasteiger partial charge on any atom is 0.226 e. The number of ether oxygens (including phenoxy) is 1. The number of nitrogens with two attached hydrogens (primary N) is 1. The van der Waals surface area contributed by atoms with Crippen molar-refractivity contribution in [2.45, 2.75) is 46.7 Å². The van der Waals surface area contributed by atoms with E-state index in [-0.39, 0.29) is 19.2 Å². The van der Waals surface area contributed by atoms with E-state index in [1.165, 1.54) is 0 Å². The van der Waals surface area contributed by atoms with Crippen LogP contribution in [0.1, 0.15) is 35.7 Å². The van der Waals surface area contributed by atoms with Gasteiger partial charge < -0.3 is 20.9 Å². The highest BCUT2D eigenvalue weighted by Gasteiger charge is 2.17. The number of hydrogen-bond donors (Lipinski definition) is 3. The first kappa shape index (κ1) is 19.5.